The van der Waals surface area contributed by atoms with Crippen molar-refractivity contribution in [2.45, 2.75) is 6.54 Å². The molecular weight excluding hydrogens is 348 g/mol. The number of carbonyl (C=O) groups is 2. The molecule has 0 saturated carbocycles. The first-order valence-corrected chi connectivity index (χ1v) is 8.66. The zero-order chi connectivity index (χ0) is 19.1. The Morgan fingerprint density at radius 2 is 1.89 bits per heavy atom. The summed E-state index contributed by atoms with van der Waals surface area (Å²) in [5.41, 5.74) is 1.43. The van der Waals surface area contributed by atoms with Crippen molar-refractivity contribution in [3.8, 4) is 11.5 Å². The fraction of sp³-hybridized carbons (Fsp3) is 0.300. The number of amides is 2. The molecule has 7 heteroatoms. The van der Waals surface area contributed by atoms with Gasteiger partial charge in [-0.05, 0) is 23.8 Å². The number of methoxy groups -OCH3 is 1. The summed E-state index contributed by atoms with van der Waals surface area (Å²) in [5.74, 6) is 0.619. The quantitative estimate of drug-likeness (QED) is 0.767. The standard InChI is InChI=1S/C20H22N2O5/c1-25-10-9-22(13-15-5-3-2-4-6-15)19(23)12-21-20(24)16-7-8-17-18(11-16)27-14-26-17/h2-8,11H,9-10,12-14H2,1H3,(H,21,24). The highest BCUT2D eigenvalue weighted by Gasteiger charge is 2.18. The molecule has 0 radical (unpaired) electrons. The molecule has 0 spiro atoms. The van der Waals surface area contributed by atoms with E-state index < -0.39 is 0 Å². The van der Waals surface area contributed by atoms with Gasteiger partial charge >= 0.3 is 0 Å². The van der Waals surface area contributed by atoms with Gasteiger partial charge < -0.3 is 24.4 Å². The monoisotopic (exact) mass is 370 g/mol. The van der Waals surface area contributed by atoms with Gasteiger partial charge in [0.05, 0.1) is 13.2 Å². The maximum Gasteiger partial charge on any atom is 0.251 e. The van der Waals surface area contributed by atoms with E-state index in [4.69, 9.17) is 14.2 Å². The molecule has 1 aliphatic rings. The van der Waals surface area contributed by atoms with Crippen molar-refractivity contribution in [3.63, 3.8) is 0 Å². The van der Waals surface area contributed by atoms with Crippen LogP contribution in [-0.2, 0) is 16.1 Å². The summed E-state index contributed by atoms with van der Waals surface area (Å²) in [4.78, 5) is 26.6. The molecule has 2 aromatic carbocycles. The van der Waals surface area contributed by atoms with Gasteiger partial charge in [-0.25, -0.2) is 0 Å². The Morgan fingerprint density at radius 3 is 2.67 bits per heavy atom. The first-order chi connectivity index (χ1) is 13.2. The van der Waals surface area contributed by atoms with Crippen molar-refractivity contribution in [2.24, 2.45) is 0 Å². The number of nitrogens with zero attached hydrogens (tertiary/aromatic N) is 1. The van der Waals surface area contributed by atoms with E-state index >= 15 is 0 Å². The zero-order valence-electron chi connectivity index (χ0n) is 15.1. The number of hydrogen-bond acceptors (Lipinski definition) is 5. The van der Waals surface area contributed by atoms with Gasteiger partial charge in [0.1, 0.15) is 0 Å². The number of hydrogen-bond donors (Lipinski definition) is 1. The molecule has 0 fully saturated rings. The lowest BCUT2D eigenvalue weighted by atomic mass is 10.2. The number of ether oxygens (including phenoxy) is 3. The zero-order valence-corrected chi connectivity index (χ0v) is 15.1. The summed E-state index contributed by atoms with van der Waals surface area (Å²) >= 11 is 0. The maximum absolute atomic E-state index is 12.6. The van der Waals surface area contributed by atoms with Crippen LogP contribution in [0.3, 0.4) is 0 Å². The lowest BCUT2D eigenvalue weighted by Gasteiger charge is -2.22. The number of fused-ring (bicyclic) bond motifs is 1. The van der Waals surface area contributed by atoms with E-state index in [2.05, 4.69) is 5.32 Å². The minimum atomic E-state index is -0.340. The van der Waals surface area contributed by atoms with E-state index in [1.54, 1.807) is 30.2 Å². The molecule has 0 bridgehead atoms. The van der Waals surface area contributed by atoms with Gasteiger partial charge in [-0.1, -0.05) is 30.3 Å². The highest BCUT2D eigenvalue weighted by Crippen LogP contribution is 2.32. The molecule has 1 N–H and O–H groups in total. The van der Waals surface area contributed by atoms with E-state index in [1.165, 1.54) is 0 Å². The average molecular weight is 370 g/mol. The van der Waals surface area contributed by atoms with Gasteiger partial charge in [0.2, 0.25) is 12.7 Å². The molecular formula is C20H22N2O5. The molecule has 1 heterocycles. The van der Waals surface area contributed by atoms with Gasteiger partial charge in [0.25, 0.3) is 5.91 Å². The number of benzene rings is 2. The first-order valence-electron chi connectivity index (χ1n) is 8.66. The van der Waals surface area contributed by atoms with Gasteiger partial charge in [-0.3, -0.25) is 9.59 Å². The molecule has 0 aliphatic carbocycles. The summed E-state index contributed by atoms with van der Waals surface area (Å²) in [5, 5.41) is 2.67. The summed E-state index contributed by atoms with van der Waals surface area (Å²) < 4.78 is 15.6. The smallest absolute Gasteiger partial charge is 0.251 e. The Kier molecular flexibility index (Phi) is 6.27. The molecule has 0 saturated heterocycles. The Hall–Kier alpha value is -3.06. The molecule has 142 valence electrons. The summed E-state index contributed by atoms with van der Waals surface area (Å²) in [6.45, 7) is 1.39. The average Bonchev–Trinajstić information content (AvgIpc) is 3.17. The van der Waals surface area contributed by atoms with Crippen LogP contribution in [0.2, 0.25) is 0 Å². The molecule has 2 aromatic rings. The van der Waals surface area contributed by atoms with Crippen molar-refractivity contribution < 1.29 is 23.8 Å². The van der Waals surface area contributed by atoms with Gasteiger partial charge in [-0.2, -0.15) is 0 Å². The molecule has 3 rings (SSSR count). The minimum Gasteiger partial charge on any atom is -0.454 e. The molecule has 0 unspecified atom stereocenters. The normalized spacial score (nSPS) is 11.9. The first kappa shape index (κ1) is 18.7. The van der Waals surface area contributed by atoms with E-state index in [9.17, 15) is 9.59 Å². The van der Waals surface area contributed by atoms with Crippen LogP contribution in [0.4, 0.5) is 0 Å². The maximum atomic E-state index is 12.6. The van der Waals surface area contributed by atoms with Crippen molar-refractivity contribution in [3.05, 3.63) is 59.7 Å². The predicted octanol–water partition coefficient (Wildman–Crippen LogP) is 1.82. The van der Waals surface area contributed by atoms with Crippen molar-refractivity contribution in [2.75, 3.05) is 33.6 Å². The highest BCUT2D eigenvalue weighted by atomic mass is 16.7. The highest BCUT2D eigenvalue weighted by molar-refractivity contribution is 5.97. The van der Waals surface area contributed by atoms with Crippen LogP contribution in [0.1, 0.15) is 15.9 Å². The second kappa shape index (κ2) is 9.05. The minimum absolute atomic E-state index is 0.0934. The Morgan fingerprint density at radius 1 is 1.11 bits per heavy atom. The number of nitrogens with one attached hydrogen (secondary N) is 1. The summed E-state index contributed by atoms with van der Waals surface area (Å²) in [6.07, 6.45) is 0. The lowest BCUT2D eigenvalue weighted by molar-refractivity contribution is -0.131. The molecule has 27 heavy (non-hydrogen) atoms. The van der Waals surface area contributed by atoms with Crippen LogP contribution < -0.4 is 14.8 Å². The topological polar surface area (TPSA) is 77.1 Å². The van der Waals surface area contributed by atoms with Crippen LogP contribution in [0.25, 0.3) is 0 Å². The van der Waals surface area contributed by atoms with Crippen molar-refractivity contribution in [1.29, 1.82) is 0 Å². The van der Waals surface area contributed by atoms with E-state index in [-0.39, 0.29) is 25.2 Å². The third kappa shape index (κ3) is 4.98. The van der Waals surface area contributed by atoms with Crippen molar-refractivity contribution in [1.82, 2.24) is 10.2 Å². The fourth-order valence-corrected chi connectivity index (χ4v) is 2.70. The number of rotatable bonds is 8. The summed E-state index contributed by atoms with van der Waals surface area (Å²) in [7, 11) is 1.59. The van der Waals surface area contributed by atoms with Gasteiger partial charge in [0.15, 0.2) is 11.5 Å². The van der Waals surface area contributed by atoms with E-state index in [0.717, 1.165) is 5.56 Å². The largest absolute Gasteiger partial charge is 0.454 e. The SMILES string of the molecule is COCCN(Cc1ccccc1)C(=O)CNC(=O)c1ccc2c(c1)OCO2. The predicted molar refractivity (Wildman–Crippen MR) is 98.6 cm³/mol. The van der Waals surface area contributed by atoms with Crippen LogP contribution in [0, 0.1) is 0 Å². The Bertz CT molecular complexity index is 794. The third-order valence-electron chi connectivity index (χ3n) is 4.17. The van der Waals surface area contributed by atoms with E-state index in [0.29, 0.717) is 36.8 Å². The van der Waals surface area contributed by atoms with Gasteiger partial charge in [-0.15, -0.1) is 0 Å². The summed E-state index contributed by atoms with van der Waals surface area (Å²) in [6, 6.07) is 14.6. The van der Waals surface area contributed by atoms with Crippen LogP contribution in [0.5, 0.6) is 11.5 Å². The van der Waals surface area contributed by atoms with Crippen LogP contribution >= 0.6 is 0 Å². The second-order valence-electron chi connectivity index (χ2n) is 6.04. The van der Waals surface area contributed by atoms with Gasteiger partial charge in [0, 0.05) is 25.8 Å². The third-order valence-corrected chi connectivity index (χ3v) is 4.17. The molecule has 2 amide bonds. The second-order valence-corrected chi connectivity index (χ2v) is 6.04. The molecule has 7 nitrogen and oxygen atoms in total. The fourth-order valence-electron chi connectivity index (χ4n) is 2.70. The number of carbonyl (C=O) groups excluding carboxylic acids is 2. The molecule has 0 aromatic heterocycles. The van der Waals surface area contributed by atoms with Crippen LogP contribution in [-0.4, -0.2) is 50.3 Å². The molecule has 0 atom stereocenters. The molecule has 1 aliphatic heterocycles. The lowest BCUT2D eigenvalue weighted by Crippen LogP contribution is -2.41. The van der Waals surface area contributed by atoms with E-state index in [1.807, 2.05) is 30.3 Å². The van der Waals surface area contributed by atoms with Crippen molar-refractivity contribution >= 4 is 11.8 Å². The Labute approximate surface area is 157 Å². The Balaban J connectivity index is 1.58. The van der Waals surface area contributed by atoms with Crippen LogP contribution in [0.15, 0.2) is 48.5 Å².